The van der Waals surface area contributed by atoms with Crippen LogP contribution in [0.1, 0.15) is 23.7 Å². The third kappa shape index (κ3) is 3.25. The summed E-state index contributed by atoms with van der Waals surface area (Å²) in [6.07, 6.45) is 2.62. The van der Waals surface area contributed by atoms with E-state index in [2.05, 4.69) is 16.8 Å². The molecule has 3 rings (SSSR count). The van der Waals surface area contributed by atoms with E-state index in [1.807, 2.05) is 68.6 Å². The average molecular weight is 343 g/mol. The van der Waals surface area contributed by atoms with Gasteiger partial charge in [0.1, 0.15) is 11.6 Å². The molecule has 0 radical (unpaired) electrons. The van der Waals surface area contributed by atoms with Gasteiger partial charge in [0.25, 0.3) is 5.91 Å². The number of aryl methyl sites for hydroxylation is 2. The minimum absolute atomic E-state index is 0.0871. The van der Waals surface area contributed by atoms with Crippen molar-refractivity contribution < 1.29 is 4.79 Å². The van der Waals surface area contributed by atoms with Gasteiger partial charge in [-0.2, -0.15) is 5.26 Å². The summed E-state index contributed by atoms with van der Waals surface area (Å²) < 4.78 is 2.07. The Bertz CT molecular complexity index is 1030. The van der Waals surface area contributed by atoms with Crippen molar-refractivity contribution in [2.45, 2.75) is 20.3 Å². The van der Waals surface area contributed by atoms with Gasteiger partial charge in [-0.25, -0.2) is 0 Å². The maximum absolute atomic E-state index is 12.5. The standard InChI is InChI=1S/C22H21N3O/c1-4-16-9-11-18(12-10-16)24-22(26)17(14-23)13-20-15(2)25(3)21-8-6-5-7-19(20)21/h5-13H,4H2,1-3H3,(H,24,26)/b17-13+. The van der Waals surface area contributed by atoms with Crippen molar-refractivity contribution in [2.24, 2.45) is 7.05 Å². The van der Waals surface area contributed by atoms with Crippen molar-refractivity contribution in [3.8, 4) is 6.07 Å². The highest BCUT2D eigenvalue weighted by molar-refractivity contribution is 6.11. The minimum Gasteiger partial charge on any atom is -0.347 e. The lowest BCUT2D eigenvalue weighted by molar-refractivity contribution is -0.112. The SMILES string of the molecule is CCc1ccc(NC(=O)/C(C#N)=C/c2c(C)n(C)c3ccccc23)cc1. The van der Waals surface area contributed by atoms with E-state index in [0.29, 0.717) is 5.69 Å². The van der Waals surface area contributed by atoms with Crippen LogP contribution in [0, 0.1) is 18.3 Å². The van der Waals surface area contributed by atoms with Gasteiger partial charge in [0.05, 0.1) is 0 Å². The summed E-state index contributed by atoms with van der Waals surface area (Å²) in [5.74, 6) is -0.399. The van der Waals surface area contributed by atoms with Gasteiger partial charge in [-0.3, -0.25) is 4.79 Å². The number of amides is 1. The van der Waals surface area contributed by atoms with Crippen LogP contribution in [0.25, 0.3) is 17.0 Å². The number of anilines is 1. The van der Waals surface area contributed by atoms with E-state index in [4.69, 9.17) is 0 Å². The second kappa shape index (κ2) is 7.28. The van der Waals surface area contributed by atoms with E-state index in [1.54, 1.807) is 6.08 Å². The molecule has 0 unspecified atom stereocenters. The zero-order valence-electron chi connectivity index (χ0n) is 15.2. The molecule has 0 fully saturated rings. The zero-order chi connectivity index (χ0) is 18.7. The molecule has 0 aliphatic heterocycles. The number of carbonyl (C=O) groups excluding carboxylic acids is 1. The number of carbonyl (C=O) groups is 1. The number of nitrogens with zero attached hydrogens (tertiary/aromatic N) is 2. The molecule has 1 amide bonds. The van der Waals surface area contributed by atoms with Crippen LogP contribution in [-0.2, 0) is 18.3 Å². The lowest BCUT2D eigenvalue weighted by Gasteiger charge is -2.05. The Kier molecular flexibility index (Phi) is 4.90. The van der Waals surface area contributed by atoms with Crippen molar-refractivity contribution in [1.82, 2.24) is 4.57 Å². The van der Waals surface area contributed by atoms with Crippen molar-refractivity contribution in [3.63, 3.8) is 0 Å². The Hall–Kier alpha value is -3.32. The van der Waals surface area contributed by atoms with Gasteiger partial charge in [0.2, 0.25) is 0 Å². The van der Waals surface area contributed by atoms with E-state index >= 15 is 0 Å². The first-order valence-corrected chi connectivity index (χ1v) is 8.61. The van der Waals surface area contributed by atoms with Crippen molar-refractivity contribution in [2.75, 3.05) is 5.32 Å². The summed E-state index contributed by atoms with van der Waals surface area (Å²) in [6.45, 7) is 4.07. The summed E-state index contributed by atoms with van der Waals surface area (Å²) in [7, 11) is 1.98. The monoisotopic (exact) mass is 343 g/mol. The Morgan fingerprint density at radius 2 is 1.88 bits per heavy atom. The van der Waals surface area contributed by atoms with Crippen LogP contribution in [0.5, 0.6) is 0 Å². The normalized spacial score (nSPS) is 11.4. The summed E-state index contributed by atoms with van der Waals surface area (Å²) >= 11 is 0. The number of benzene rings is 2. The van der Waals surface area contributed by atoms with E-state index in [-0.39, 0.29) is 5.57 Å². The van der Waals surface area contributed by atoms with Crippen molar-refractivity contribution >= 4 is 28.6 Å². The second-order valence-electron chi connectivity index (χ2n) is 6.25. The molecule has 0 bridgehead atoms. The van der Waals surface area contributed by atoms with E-state index in [0.717, 1.165) is 28.6 Å². The minimum atomic E-state index is -0.399. The fourth-order valence-electron chi connectivity index (χ4n) is 3.05. The zero-order valence-corrected chi connectivity index (χ0v) is 15.2. The van der Waals surface area contributed by atoms with Crippen molar-refractivity contribution in [1.29, 1.82) is 5.26 Å². The molecule has 4 nitrogen and oxygen atoms in total. The highest BCUT2D eigenvalue weighted by Gasteiger charge is 2.14. The molecule has 0 saturated carbocycles. The molecule has 130 valence electrons. The molecule has 1 N–H and O–H groups in total. The highest BCUT2D eigenvalue weighted by Crippen LogP contribution is 2.27. The van der Waals surface area contributed by atoms with Crippen LogP contribution < -0.4 is 5.32 Å². The van der Waals surface area contributed by atoms with Crippen LogP contribution in [0.4, 0.5) is 5.69 Å². The van der Waals surface area contributed by atoms with Gasteiger partial charge < -0.3 is 9.88 Å². The predicted molar refractivity (Wildman–Crippen MR) is 106 cm³/mol. The third-order valence-electron chi connectivity index (χ3n) is 4.72. The van der Waals surface area contributed by atoms with Gasteiger partial charge in [0, 0.05) is 34.9 Å². The molecule has 1 heterocycles. The third-order valence-corrected chi connectivity index (χ3v) is 4.72. The number of fused-ring (bicyclic) bond motifs is 1. The number of hydrogen-bond donors (Lipinski definition) is 1. The Balaban J connectivity index is 1.94. The largest absolute Gasteiger partial charge is 0.347 e. The summed E-state index contributed by atoms with van der Waals surface area (Å²) in [5.41, 5.74) is 4.96. The summed E-state index contributed by atoms with van der Waals surface area (Å²) in [4.78, 5) is 12.5. The quantitative estimate of drug-likeness (QED) is 0.556. The fourth-order valence-corrected chi connectivity index (χ4v) is 3.05. The number of nitriles is 1. The van der Waals surface area contributed by atoms with E-state index in [1.165, 1.54) is 5.56 Å². The summed E-state index contributed by atoms with van der Waals surface area (Å²) in [5, 5.41) is 13.3. The maximum Gasteiger partial charge on any atom is 0.266 e. The Morgan fingerprint density at radius 3 is 2.54 bits per heavy atom. The summed E-state index contributed by atoms with van der Waals surface area (Å²) in [6, 6.07) is 17.7. The molecule has 0 spiro atoms. The lowest BCUT2D eigenvalue weighted by Crippen LogP contribution is -2.13. The molecule has 0 aliphatic rings. The molecular formula is C22H21N3O. The maximum atomic E-state index is 12.5. The van der Waals surface area contributed by atoms with Gasteiger partial charge in [-0.05, 0) is 43.2 Å². The van der Waals surface area contributed by atoms with Crippen LogP contribution in [0.2, 0.25) is 0 Å². The molecule has 3 aromatic rings. The first-order valence-electron chi connectivity index (χ1n) is 8.61. The predicted octanol–water partition coefficient (Wildman–Crippen LogP) is 4.59. The highest BCUT2D eigenvalue weighted by atomic mass is 16.1. The number of aromatic nitrogens is 1. The number of hydrogen-bond acceptors (Lipinski definition) is 2. The van der Waals surface area contributed by atoms with Gasteiger partial charge in [-0.1, -0.05) is 37.3 Å². The van der Waals surface area contributed by atoms with Gasteiger partial charge in [-0.15, -0.1) is 0 Å². The van der Waals surface area contributed by atoms with E-state index < -0.39 is 5.91 Å². The fraction of sp³-hybridized carbons (Fsp3) is 0.182. The molecule has 1 aromatic heterocycles. The topological polar surface area (TPSA) is 57.8 Å². The van der Waals surface area contributed by atoms with E-state index in [9.17, 15) is 10.1 Å². The molecule has 0 atom stereocenters. The molecule has 2 aromatic carbocycles. The Morgan fingerprint density at radius 1 is 1.19 bits per heavy atom. The number of nitrogens with one attached hydrogen (secondary N) is 1. The molecule has 0 saturated heterocycles. The average Bonchev–Trinajstić information content (AvgIpc) is 2.91. The molecule has 26 heavy (non-hydrogen) atoms. The second-order valence-corrected chi connectivity index (χ2v) is 6.25. The Labute approximate surface area is 153 Å². The first kappa shape index (κ1) is 17.5. The molecule has 0 aliphatic carbocycles. The van der Waals surface area contributed by atoms with Crippen LogP contribution >= 0.6 is 0 Å². The molecular weight excluding hydrogens is 322 g/mol. The smallest absolute Gasteiger partial charge is 0.266 e. The lowest BCUT2D eigenvalue weighted by atomic mass is 10.1. The first-order chi connectivity index (χ1) is 12.5. The van der Waals surface area contributed by atoms with Crippen LogP contribution in [0.15, 0.2) is 54.1 Å². The van der Waals surface area contributed by atoms with Crippen molar-refractivity contribution in [3.05, 3.63) is 70.9 Å². The van der Waals surface area contributed by atoms with Crippen LogP contribution in [-0.4, -0.2) is 10.5 Å². The molecule has 4 heteroatoms. The van der Waals surface area contributed by atoms with Gasteiger partial charge in [0.15, 0.2) is 0 Å². The number of rotatable bonds is 4. The van der Waals surface area contributed by atoms with Gasteiger partial charge >= 0.3 is 0 Å². The number of para-hydroxylation sites is 1. The van der Waals surface area contributed by atoms with Crippen LogP contribution in [0.3, 0.4) is 0 Å².